The molecule has 0 unspecified atom stereocenters. The average molecular weight is 310 g/mol. The largest absolute Gasteiger partial charge is 0.504 e. The Morgan fingerprint density at radius 1 is 0.591 bits per heavy atom. The summed E-state index contributed by atoms with van der Waals surface area (Å²) in [6.07, 6.45) is 0. The topological polar surface area (TPSA) is 57.5 Å². The second-order valence-electron chi connectivity index (χ2n) is 4.95. The maximum atomic E-state index is 13.9. The van der Waals surface area contributed by atoms with Crippen LogP contribution in [0.3, 0.4) is 0 Å². The van der Waals surface area contributed by atoms with Crippen molar-refractivity contribution in [1.29, 1.82) is 0 Å². The standard InChI is InChI=1S/C18H15O3P/c19-17-12-11-16(13-18(17)20)22(21,14-7-3-1-4-8-14)15-9-5-2-6-10-15/h1-13,19-20H. The van der Waals surface area contributed by atoms with E-state index in [0.29, 0.717) is 15.9 Å². The van der Waals surface area contributed by atoms with Crippen LogP contribution in [0.15, 0.2) is 78.9 Å². The van der Waals surface area contributed by atoms with Crippen molar-refractivity contribution in [3.8, 4) is 11.5 Å². The Balaban J connectivity index is 2.28. The number of rotatable bonds is 3. The molecule has 4 heteroatoms. The van der Waals surface area contributed by atoms with Gasteiger partial charge in [0.25, 0.3) is 0 Å². The SMILES string of the molecule is O=P(c1ccccc1)(c1ccccc1)c1ccc(O)c(O)c1. The summed E-state index contributed by atoms with van der Waals surface area (Å²) >= 11 is 0. The van der Waals surface area contributed by atoms with Gasteiger partial charge in [0.2, 0.25) is 0 Å². The molecule has 0 fully saturated rings. The fourth-order valence-electron chi connectivity index (χ4n) is 2.43. The Morgan fingerprint density at radius 3 is 1.55 bits per heavy atom. The van der Waals surface area contributed by atoms with Crippen molar-refractivity contribution in [2.75, 3.05) is 0 Å². The lowest BCUT2D eigenvalue weighted by Crippen LogP contribution is -2.24. The second-order valence-corrected chi connectivity index (χ2v) is 7.72. The molecule has 0 atom stereocenters. The molecular formula is C18H15O3P. The van der Waals surface area contributed by atoms with Crippen LogP contribution in [0.25, 0.3) is 0 Å². The van der Waals surface area contributed by atoms with E-state index in [1.54, 1.807) is 6.07 Å². The monoisotopic (exact) mass is 310 g/mol. The zero-order valence-corrected chi connectivity index (χ0v) is 12.6. The summed E-state index contributed by atoms with van der Waals surface area (Å²) in [5.41, 5.74) is 0. The van der Waals surface area contributed by atoms with Crippen molar-refractivity contribution in [3.05, 3.63) is 78.9 Å². The van der Waals surface area contributed by atoms with Crippen LogP contribution in [0.2, 0.25) is 0 Å². The van der Waals surface area contributed by atoms with Crippen LogP contribution in [0.5, 0.6) is 11.5 Å². The molecule has 110 valence electrons. The summed E-state index contributed by atoms with van der Waals surface area (Å²) in [6.45, 7) is 0. The second kappa shape index (κ2) is 5.70. The zero-order chi connectivity index (χ0) is 15.6. The van der Waals surface area contributed by atoms with Crippen LogP contribution in [-0.2, 0) is 4.57 Å². The predicted molar refractivity (Wildman–Crippen MR) is 89.2 cm³/mol. The summed E-state index contributed by atoms with van der Waals surface area (Å²) < 4.78 is 13.9. The minimum Gasteiger partial charge on any atom is -0.504 e. The summed E-state index contributed by atoms with van der Waals surface area (Å²) in [5, 5.41) is 21.2. The molecular weight excluding hydrogens is 295 g/mol. The highest BCUT2D eigenvalue weighted by atomic mass is 31.2. The van der Waals surface area contributed by atoms with Crippen molar-refractivity contribution in [2.24, 2.45) is 0 Å². The molecule has 3 rings (SSSR count). The van der Waals surface area contributed by atoms with Gasteiger partial charge in [0.15, 0.2) is 18.6 Å². The number of benzene rings is 3. The molecule has 0 aliphatic carbocycles. The van der Waals surface area contributed by atoms with Gasteiger partial charge in [-0.25, -0.2) is 0 Å². The van der Waals surface area contributed by atoms with Gasteiger partial charge in [-0.2, -0.15) is 0 Å². The molecule has 0 saturated heterocycles. The van der Waals surface area contributed by atoms with Crippen LogP contribution >= 0.6 is 7.14 Å². The van der Waals surface area contributed by atoms with Gasteiger partial charge in [0, 0.05) is 15.9 Å². The molecule has 0 aliphatic rings. The maximum absolute atomic E-state index is 13.9. The number of phenolic OH excluding ortho intramolecular Hbond substituents is 2. The highest BCUT2D eigenvalue weighted by Crippen LogP contribution is 2.43. The number of phenols is 2. The van der Waals surface area contributed by atoms with Crippen LogP contribution < -0.4 is 15.9 Å². The fraction of sp³-hybridized carbons (Fsp3) is 0. The normalized spacial score (nSPS) is 11.3. The summed E-state index contributed by atoms with van der Waals surface area (Å²) in [6, 6.07) is 22.7. The number of aromatic hydroxyl groups is 2. The molecule has 3 nitrogen and oxygen atoms in total. The molecule has 3 aromatic rings. The lowest BCUT2D eigenvalue weighted by atomic mass is 10.3. The van der Waals surface area contributed by atoms with Crippen molar-refractivity contribution in [1.82, 2.24) is 0 Å². The number of hydrogen-bond acceptors (Lipinski definition) is 3. The van der Waals surface area contributed by atoms with Gasteiger partial charge < -0.3 is 14.8 Å². The van der Waals surface area contributed by atoms with Crippen molar-refractivity contribution < 1.29 is 14.8 Å². The Kier molecular flexibility index (Phi) is 3.74. The molecule has 0 spiro atoms. The molecule has 0 amide bonds. The van der Waals surface area contributed by atoms with E-state index in [1.165, 1.54) is 12.1 Å². The van der Waals surface area contributed by atoms with Gasteiger partial charge in [-0.05, 0) is 18.2 Å². The van der Waals surface area contributed by atoms with Gasteiger partial charge in [-0.15, -0.1) is 0 Å². The molecule has 2 N–H and O–H groups in total. The summed E-state index contributed by atoms with van der Waals surface area (Å²) in [5.74, 6) is -0.499. The van der Waals surface area contributed by atoms with E-state index in [9.17, 15) is 14.8 Å². The Hall–Kier alpha value is -2.51. The minimum atomic E-state index is -3.09. The molecule has 22 heavy (non-hydrogen) atoms. The first-order valence-electron chi connectivity index (χ1n) is 6.86. The van der Waals surface area contributed by atoms with E-state index in [0.717, 1.165) is 0 Å². The molecule has 0 bridgehead atoms. The van der Waals surface area contributed by atoms with Crippen LogP contribution in [-0.4, -0.2) is 10.2 Å². The predicted octanol–water partition coefficient (Wildman–Crippen LogP) is 2.74. The quantitative estimate of drug-likeness (QED) is 0.578. The molecule has 0 radical (unpaired) electrons. The van der Waals surface area contributed by atoms with E-state index in [2.05, 4.69) is 0 Å². The zero-order valence-electron chi connectivity index (χ0n) is 11.8. The third-order valence-electron chi connectivity index (χ3n) is 3.56. The third kappa shape index (κ3) is 2.40. The third-order valence-corrected chi connectivity index (χ3v) is 6.62. The maximum Gasteiger partial charge on any atom is 0.171 e. The van der Waals surface area contributed by atoms with Crippen molar-refractivity contribution >= 4 is 23.1 Å². The van der Waals surface area contributed by atoms with Gasteiger partial charge in [-0.1, -0.05) is 60.7 Å². The Bertz CT molecular complexity index is 786. The van der Waals surface area contributed by atoms with E-state index in [1.807, 2.05) is 60.7 Å². The van der Waals surface area contributed by atoms with Gasteiger partial charge in [0.1, 0.15) is 0 Å². The molecule has 0 saturated carbocycles. The lowest BCUT2D eigenvalue weighted by molar-refractivity contribution is 0.404. The number of hydrogen-bond donors (Lipinski definition) is 2. The van der Waals surface area contributed by atoms with Crippen LogP contribution in [0.1, 0.15) is 0 Å². The van der Waals surface area contributed by atoms with Crippen LogP contribution in [0.4, 0.5) is 0 Å². The van der Waals surface area contributed by atoms with Crippen molar-refractivity contribution in [3.63, 3.8) is 0 Å². The highest BCUT2D eigenvalue weighted by molar-refractivity contribution is 7.85. The first-order valence-corrected chi connectivity index (χ1v) is 8.57. The average Bonchev–Trinajstić information content (AvgIpc) is 2.58. The van der Waals surface area contributed by atoms with Crippen LogP contribution in [0, 0.1) is 0 Å². The summed E-state index contributed by atoms with van der Waals surface area (Å²) in [7, 11) is -3.09. The van der Waals surface area contributed by atoms with Crippen molar-refractivity contribution in [2.45, 2.75) is 0 Å². The first-order chi connectivity index (χ1) is 10.6. The van der Waals surface area contributed by atoms with Gasteiger partial charge in [-0.3, -0.25) is 0 Å². The smallest absolute Gasteiger partial charge is 0.171 e. The van der Waals surface area contributed by atoms with Gasteiger partial charge in [0.05, 0.1) is 0 Å². The Morgan fingerprint density at radius 2 is 1.09 bits per heavy atom. The molecule has 0 aliphatic heterocycles. The van der Waals surface area contributed by atoms with Gasteiger partial charge >= 0.3 is 0 Å². The minimum absolute atomic E-state index is 0.226. The first kappa shape index (κ1) is 14.4. The molecule has 0 heterocycles. The summed E-state index contributed by atoms with van der Waals surface area (Å²) in [4.78, 5) is 0. The van der Waals surface area contributed by atoms with E-state index in [4.69, 9.17) is 0 Å². The van der Waals surface area contributed by atoms with E-state index >= 15 is 0 Å². The highest BCUT2D eigenvalue weighted by Gasteiger charge is 2.30. The lowest BCUT2D eigenvalue weighted by Gasteiger charge is -2.20. The molecule has 0 aromatic heterocycles. The fourth-order valence-corrected chi connectivity index (χ4v) is 5.10. The molecule has 3 aromatic carbocycles. The van der Waals surface area contributed by atoms with E-state index in [-0.39, 0.29) is 11.5 Å². The Labute approximate surface area is 128 Å². The van der Waals surface area contributed by atoms with E-state index < -0.39 is 7.14 Å².